The molecule has 1 aromatic heterocycles. The van der Waals surface area contributed by atoms with Gasteiger partial charge in [-0.05, 0) is 38.3 Å². The van der Waals surface area contributed by atoms with Gasteiger partial charge in [0.25, 0.3) is 0 Å². The first-order valence-electron chi connectivity index (χ1n) is 9.82. The Balaban J connectivity index is 1.66. The number of aryl methyl sites for hydroxylation is 2. The van der Waals surface area contributed by atoms with Crippen molar-refractivity contribution in [1.29, 1.82) is 0 Å². The third-order valence-corrected chi connectivity index (χ3v) is 7.40. The first-order chi connectivity index (χ1) is 13.7. The molecule has 2 aromatic rings. The van der Waals surface area contributed by atoms with E-state index in [0.717, 1.165) is 28.3 Å². The zero-order chi connectivity index (χ0) is 21.2. The summed E-state index contributed by atoms with van der Waals surface area (Å²) in [6.45, 7) is 4.32. The number of sulfone groups is 1. The molecule has 29 heavy (non-hydrogen) atoms. The molecule has 0 aliphatic carbocycles. The molecule has 1 aliphatic heterocycles. The molecule has 1 fully saturated rings. The van der Waals surface area contributed by atoms with Crippen LogP contribution in [0.4, 0.5) is 0 Å². The SMILES string of the molecule is COc1ccccc1CCC(=O)N(C)Cc1c(C)nn([C@@H]2CCS(=O)(=O)C2)c1C. The van der Waals surface area contributed by atoms with Gasteiger partial charge >= 0.3 is 0 Å². The molecule has 1 aromatic carbocycles. The standard InChI is InChI=1S/C21H29N3O4S/c1-15-19(16(2)24(22-15)18-11-12-29(26,27)14-18)13-23(3)21(25)10-9-17-7-5-6-8-20(17)28-4/h5-8,18H,9-14H2,1-4H3/t18-/m1/s1. The van der Waals surface area contributed by atoms with E-state index in [4.69, 9.17) is 4.74 Å². The molecule has 8 heteroatoms. The summed E-state index contributed by atoms with van der Waals surface area (Å²) in [5.74, 6) is 1.20. The van der Waals surface area contributed by atoms with Gasteiger partial charge in [-0.1, -0.05) is 18.2 Å². The molecule has 0 unspecified atom stereocenters. The van der Waals surface area contributed by atoms with Crippen LogP contribution in [0.5, 0.6) is 5.75 Å². The average Bonchev–Trinajstić information content (AvgIpc) is 3.19. The van der Waals surface area contributed by atoms with Crippen molar-refractivity contribution in [3.63, 3.8) is 0 Å². The van der Waals surface area contributed by atoms with Gasteiger partial charge in [0.05, 0.1) is 30.4 Å². The molecule has 1 aliphatic rings. The summed E-state index contributed by atoms with van der Waals surface area (Å²) in [6, 6.07) is 7.61. The Labute approximate surface area is 172 Å². The lowest BCUT2D eigenvalue weighted by atomic mass is 10.1. The minimum absolute atomic E-state index is 0.0471. The average molecular weight is 420 g/mol. The second-order valence-electron chi connectivity index (χ2n) is 7.71. The zero-order valence-electron chi connectivity index (χ0n) is 17.5. The second kappa shape index (κ2) is 8.57. The summed E-state index contributed by atoms with van der Waals surface area (Å²) < 4.78 is 30.8. The Kier molecular flexibility index (Phi) is 6.31. The van der Waals surface area contributed by atoms with Crippen molar-refractivity contribution in [2.24, 2.45) is 0 Å². The van der Waals surface area contributed by atoms with Gasteiger partial charge < -0.3 is 9.64 Å². The van der Waals surface area contributed by atoms with Crippen molar-refractivity contribution in [2.45, 2.75) is 45.7 Å². The number of carbonyl (C=O) groups is 1. The Morgan fingerprint density at radius 2 is 2.03 bits per heavy atom. The number of nitrogens with zero attached hydrogens (tertiary/aromatic N) is 3. The van der Waals surface area contributed by atoms with E-state index in [1.807, 2.05) is 42.8 Å². The largest absolute Gasteiger partial charge is 0.496 e. The predicted octanol–water partition coefficient (Wildman–Crippen LogP) is 2.46. The molecular formula is C21H29N3O4S. The van der Waals surface area contributed by atoms with Crippen LogP contribution in [0.25, 0.3) is 0 Å². The van der Waals surface area contributed by atoms with Gasteiger partial charge in [0.2, 0.25) is 5.91 Å². The minimum atomic E-state index is -2.98. The fourth-order valence-corrected chi connectivity index (χ4v) is 5.61. The highest BCUT2D eigenvalue weighted by Crippen LogP contribution is 2.27. The van der Waals surface area contributed by atoms with Crippen molar-refractivity contribution in [2.75, 3.05) is 25.7 Å². The molecule has 0 bridgehead atoms. The molecule has 0 spiro atoms. The van der Waals surface area contributed by atoms with Crippen LogP contribution in [0.15, 0.2) is 24.3 Å². The van der Waals surface area contributed by atoms with E-state index in [2.05, 4.69) is 5.10 Å². The number of hydrogen-bond acceptors (Lipinski definition) is 5. The first-order valence-corrected chi connectivity index (χ1v) is 11.6. The minimum Gasteiger partial charge on any atom is -0.496 e. The first kappa shape index (κ1) is 21.4. The highest BCUT2D eigenvalue weighted by molar-refractivity contribution is 7.91. The van der Waals surface area contributed by atoms with Crippen LogP contribution >= 0.6 is 0 Å². The van der Waals surface area contributed by atoms with E-state index in [1.54, 1.807) is 19.1 Å². The maximum Gasteiger partial charge on any atom is 0.222 e. The second-order valence-corrected chi connectivity index (χ2v) is 9.94. The molecule has 3 rings (SSSR count). The van der Waals surface area contributed by atoms with E-state index in [1.165, 1.54) is 0 Å². The summed E-state index contributed by atoms with van der Waals surface area (Å²) in [4.78, 5) is 14.4. The third-order valence-electron chi connectivity index (χ3n) is 5.65. The number of aromatic nitrogens is 2. The Morgan fingerprint density at radius 1 is 1.31 bits per heavy atom. The normalized spacial score (nSPS) is 18.0. The van der Waals surface area contributed by atoms with Gasteiger partial charge in [0, 0.05) is 31.3 Å². The van der Waals surface area contributed by atoms with E-state index in [0.29, 0.717) is 25.8 Å². The van der Waals surface area contributed by atoms with Gasteiger partial charge in [-0.25, -0.2) is 8.42 Å². The van der Waals surface area contributed by atoms with Crippen molar-refractivity contribution in [3.05, 3.63) is 46.8 Å². The fourth-order valence-electron chi connectivity index (χ4n) is 3.92. The maximum atomic E-state index is 12.7. The fraction of sp³-hybridized carbons (Fsp3) is 0.524. The van der Waals surface area contributed by atoms with Crippen molar-refractivity contribution in [3.8, 4) is 5.75 Å². The van der Waals surface area contributed by atoms with Crippen molar-refractivity contribution in [1.82, 2.24) is 14.7 Å². The Hall–Kier alpha value is -2.35. The Bertz CT molecular complexity index is 997. The smallest absolute Gasteiger partial charge is 0.222 e. The molecule has 0 N–H and O–H groups in total. The molecule has 0 radical (unpaired) electrons. The molecule has 7 nitrogen and oxygen atoms in total. The summed E-state index contributed by atoms with van der Waals surface area (Å²) in [6.07, 6.45) is 1.60. The molecule has 2 heterocycles. The number of hydrogen-bond donors (Lipinski definition) is 0. The summed E-state index contributed by atoms with van der Waals surface area (Å²) in [7, 11) is 0.447. The number of benzene rings is 1. The van der Waals surface area contributed by atoms with Gasteiger partial charge in [0.1, 0.15) is 5.75 Å². The zero-order valence-corrected chi connectivity index (χ0v) is 18.3. The number of rotatable bonds is 7. The highest BCUT2D eigenvalue weighted by atomic mass is 32.2. The quantitative estimate of drug-likeness (QED) is 0.689. The van der Waals surface area contributed by atoms with Crippen LogP contribution in [0, 0.1) is 13.8 Å². The topological polar surface area (TPSA) is 81.5 Å². The lowest BCUT2D eigenvalue weighted by Crippen LogP contribution is -2.27. The van der Waals surface area contributed by atoms with E-state index in [9.17, 15) is 13.2 Å². The van der Waals surface area contributed by atoms with Crippen LogP contribution in [0.3, 0.4) is 0 Å². The van der Waals surface area contributed by atoms with Gasteiger partial charge in [-0.3, -0.25) is 9.48 Å². The van der Waals surface area contributed by atoms with Crippen LogP contribution in [-0.2, 0) is 27.6 Å². The maximum absolute atomic E-state index is 12.7. The van der Waals surface area contributed by atoms with Gasteiger partial charge in [-0.15, -0.1) is 0 Å². The molecular weight excluding hydrogens is 390 g/mol. The van der Waals surface area contributed by atoms with Gasteiger partial charge in [-0.2, -0.15) is 5.10 Å². The molecule has 158 valence electrons. The van der Waals surface area contributed by atoms with E-state index >= 15 is 0 Å². The molecule has 0 saturated carbocycles. The number of carbonyl (C=O) groups excluding carboxylic acids is 1. The van der Waals surface area contributed by atoms with Crippen molar-refractivity contribution < 1.29 is 17.9 Å². The number of amides is 1. The number of methoxy groups -OCH3 is 1. The van der Waals surface area contributed by atoms with Crippen LogP contribution in [0.1, 0.15) is 41.4 Å². The van der Waals surface area contributed by atoms with Crippen molar-refractivity contribution >= 4 is 15.7 Å². The van der Waals surface area contributed by atoms with E-state index < -0.39 is 9.84 Å². The highest BCUT2D eigenvalue weighted by Gasteiger charge is 2.31. The molecule has 1 amide bonds. The summed E-state index contributed by atoms with van der Waals surface area (Å²) >= 11 is 0. The van der Waals surface area contributed by atoms with Crippen LogP contribution in [-0.4, -0.2) is 54.7 Å². The monoisotopic (exact) mass is 419 g/mol. The number of ether oxygens (including phenoxy) is 1. The summed E-state index contributed by atoms with van der Waals surface area (Å²) in [5, 5.41) is 4.58. The molecule has 1 saturated heterocycles. The summed E-state index contributed by atoms with van der Waals surface area (Å²) in [5.41, 5.74) is 3.78. The third kappa shape index (κ3) is 4.80. The van der Waals surface area contributed by atoms with Crippen LogP contribution in [0.2, 0.25) is 0 Å². The predicted molar refractivity (Wildman–Crippen MR) is 112 cm³/mol. The lowest BCUT2D eigenvalue weighted by molar-refractivity contribution is -0.130. The Morgan fingerprint density at radius 3 is 2.69 bits per heavy atom. The van der Waals surface area contributed by atoms with Gasteiger partial charge in [0.15, 0.2) is 9.84 Å². The number of para-hydroxylation sites is 1. The van der Waals surface area contributed by atoms with Crippen LogP contribution < -0.4 is 4.74 Å². The molecule has 1 atom stereocenters. The lowest BCUT2D eigenvalue weighted by Gasteiger charge is -2.18. The van der Waals surface area contributed by atoms with E-state index in [-0.39, 0.29) is 23.5 Å².